The van der Waals surface area contributed by atoms with E-state index in [1.807, 2.05) is 0 Å². The average Bonchev–Trinajstić information content (AvgIpc) is 2.37. The highest BCUT2D eigenvalue weighted by molar-refractivity contribution is 5.27. The average molecular weight is 273 g/mol. The number of para-hydroxylation sites is 1. The summed E-state index contributed by atoms with van der Waals surface area (Å²) in [6, 6.07) is 3.41. The van der Waals surface area contributed by atoms with E-state index in [-0.39, 0.29) is 17.9 Å². The van der Waals surface area contributed by atoms with E-state index in [1.54, 1.807) is 7.11 Å². The van der Waals surface area contributed by atoms with Gasteiger partial charge < -0.3 is 19.9 Å². The first kappa shape index (κ1) is 14.2. The van der Waals surface area contributed by atoms with Crippen LogP contribution < -0.4 is 10.5 Å². The molecule has 6 heteroatoms. The molecule has 0 radical (unpaired) electrons. The molecule has 4 nitrogen and oxygen atoms in total. The monoisotopic (exact) mass is 273 g/mol. The van der Waals surface area contributed by atoms with Crippen molar-refractivity contribution in [2.24, 2.45) is 5.73 Å². The summed E-state index contributed by atoms with van der Waals surface area (Å²) >= 11 is 0. The largest absolute Gasteiger partial charge is 0.481 e. The lowest BCUT2D eigenvalue weighted by molar-refractivity contribution is -0.108. The third-order valence-electron chi connectivity index (χ3n) is 3.08. The van der Waals surface area contributed by atoms with Gasteiger partial charge >= 0.3 is 0 Å². The molecule has 0 heterocycles. The Balaban J connectivity index is 1.95. The van der Waals surface area contributed by atoms with Crippen LogP contribution in [0.1, 0.15) is 6.42 Å². The van der Waals surface area contributed by atoms with Crippen LogP contribution in [0.5, 0.6) is 5.75 Å². The molecule has 0 aromatic heterocycles. The van der Waals surface area contributed by atoms with E-state index < -0.39 is 17.7 Å². The maximum absolute atomic E-state index is 13.4. The van der Waals surface area contributed by atoms with Crippen molar-refractivity contribution in [3.63, 3.8) is 0 Å². The van der Waals surface area contributed by atoms with Crippen LogP contribution in [0.3, 0.4) is 0 Å². The SMILES string of the molecule is COCCOC1C(N)CC1Oc1c(F)cccc1F. The molecule has 3 unspecified atom stereocenters. The summed E-state index contributed by atoms with van der Waals surface area (Å²) < 4.78 is 42.6. The summed E-state index contributed by atoms with van der Waals surface area (Å²) in [5.74, 6) is -1.83. The van der Waals surface area contributed by atoms with E-state index in [9.17, 15) is 8.78 Å². The maximum Gasteiger partial charge on any atom is 0.191 e. The smallest absolute Gasteiger partial charge is 0.191 e. The van der Waals surface area contributed by atoms with Gasteiger partial charge in [0.15, 0.2) is 17.4 Å². The van der Waals surface area contributed by atoms with Gasteiger partial charge in [-0.15, -0.1) is 0 Å². The second-order valence-corrected chi connectivity index (χ2v) is 4.43. The molecule has 0 bridgehead atoms. The Morgan fingerprint density at radius 3 is 2.53 bits per heavy atom. The van der Waals surface area contributed by atoms with Crippen LogP contribution in [0.4, 0.5) is 8.78 Å². The van der Waals surface area contributed by atoms with Crippen LogP contribution in [-0.4, -0.2) is 38.6 Å². The van der Waals surface area contributed by atoms with Gasteiger partial charge in [-0.25, -0.2) is 8.78 Å². The zero-order valence-corrected chi connectivity index (χ0v) is 10.6. The minimum atomic E-state index is -0.726. The van der Waals surface area contributed by atoms with Gasteiger partial charge in [-0.3, -0.25) is 0 Å². The second kappa shape index (κ2) is 6.27. The third kappa shape index (κ3) is 3.20. The van der Waals surface area contributed by atoms with E-state index in [0.29, 0.717) is 19.6 Å². The van der Waals surface area contributed by atoms with Crippen LogP contribution in [0.15, 0.2) is 18.2 Å². The van der Waals surface area contributed by atoms with Crippen LogP contribution >= 0.6 is 0 Å². The van der Waals surface area contributed by atoms with E-state index in [1.165, 1.54) is 6.07 Å². The number of ether oxygens (including phenoxy) is 3. The lowest BCUT2D eigenvalue weighted by Gasteiger charge is -2.41. The van der Waals surface area contributed by atoms with Gasteiger partial charge in [0.2, 0.25) is 0 Å². The summed E-state index contributed by atoms with van der Waals surface area (Å²) in [7, 11) is 1.56. The van der Waals surface area contributed by atoms with Crippen molar-refractivity contribution >= 4 is 0 Å². The van der Waals surface area contributed by atoms with E-state index >= 15 is 0 Å². The molecule has 0 spiro atoms. The predicted octanol–water partition coefficient (Wildman–Crippen LogP) is 1.47. The first-order chi connectivity index (χ1) is 9.13. The van der Waals surface area contributed by atoms with Gasteiger partial charge in [0.25, 0.3) is 0 Å². The Labute approximate surface area is 110 Å². The summed E-state index contributed by atoms with van der Waals surface area (Å²) in [5, 5.41) is 0. The number of methoxy groups -OCH3 is 1. The Bertz CT molecular complexity index is 410. The molecule has 19 heavy (non-hydrogen) atoms. The Morgan fingerprint density at radius 2 is 1.95 bits per heavy atom. The van der Waals surface area contributed by atoms with Crippen molar-refractivity contribution in [3.8, 4) is 5.75 Å². The Morgan fingerprint density at radius 1 is 1.26 bits per heavy atom. The molecule has 0 aliphatic heterocycles. The van der Waals surface area contributed by atoms with Crippen LogP contribution in [0.25, 0.3) is 0 Å². The van der Waals surface area contributed by atoms with Gasteiger partial charge in [-0.05, 0) is 12.1 Å². The first-order valence-corrected chi connectivity index (χ1v) is 6.10. The van der Waals surface area contributed by atoms with Gasteiger partial charge in [0, 0.05) is 19.6 Å². The van der Waals surface area contributed by atoms with Crippen molar-refractivity contribution in [1.29, 1.82) is 0 Å². The maximum atomic E-state index is 13.4. The lowest BCUT2D eigenvalue weighted by Crippen LogP contribution is -2.59. The van der Waals surface area contributed by atoms with Crippen molar-refractivity contribution in [2.75, 3.05) is 20.3 Å². The summed E-state index contributed by atoms with van der Waals surface area (Å²) in [4.78, 5) is 0. The second-order valence-electron chi connectivity index (χ2n) is 4.43. The van der Waals surface area contributed by atoms with Crippen molar-refractivity contribution in [3.05, 3.63) is 29.8 Å². The fourth-order valence-corrected chi connectivity index (χ4v) is 1.98. The summed E-state index contributed by atoms with van der Waals surface area (Å²) in [6.07, 6.45) is -0.293. The molecule has 106 valence electrons. The van der Waals surface area contributed by atoms with Crippen molar-refractivity contribution < 1.29 is 23.0 Å². The topological polar surface area (TPSA) is 53.7 Å². The van der Waals surface area contributed by atoms with Crippen LogP contribution in [0, 0.1) is 11.6 Å². The Kier molecular flexibility index (Phi) is 4.68. The molecular formula is C13H17F2NO3. The van der Waals surface area contributed by atoms with Gasteiger partial charge in [-0.1, -0.05) is 6.07 Å². The van der Waals surface area contributed by atoms with Gasteiger partial charge in [-0.2, -0.15) is 0 Å². The predicted molar refractivity (Wildman–Crippen MR) is 65.0 cm³/mol. The fraction of sp³-hybridized carbons (Fsp3) is 0.538. The zero-order chi connectivity index (χ0) is 13.8. The molecule has 0 saturated heterocycles. The van der Waals surface area contributed by atoms with Gasteiger partial charge in [0.05, 0.1) is 13.2 Å². The number of halogens is 2. The molecule has 1 saturated carbocycles. The molecular weight excluding hydrogens is 256 g/mol. The van der Waals surface area contributed by atoms with Crippen molar-refractivity contribution in [1.82, 2.24) is 0 Å². The molecule has 3 atom stereocenters. The quantitative estimate of drug-likeness (QED) is 0.798. The molecule has 2 rings (SSSR count). The fourth-order valence-electron chi connectivity index (χ4n) is 1.98. The highest BCUT2D eigenvalue weighted by Gasteiger charge is 2.42. The lowest BCUT2D eigenvalue weighted by atomic mass is 9.86. The van der Waals surface area contributed by atoms with Crippen LogP contribution in [0.2, 0.25) is 0 Å². The standard InChI is InChI=1S/C13H17F2NO3/c1-17-5-6-18-13-10(16)7-11(13)19-12-8(14)3-2-4-9(12)15/h2-4,10-11,13H,5-7,16H2,1H3. The molecule has 1 aromatic rings. The summed E-state index contributed by atoms with van der Waals surface area (Å²) in [6.45, 7) is 0.804. The van der Waals surface area contributed by atoms with E-state index in [4.69, 9.17) is 19.9 Å². The van der Waals surface area contributed by atoms with E-state index in [2.05, 4.69) is 0 Å². The Hall–Kier alpha value is -1.24. The zero-order valence-electron chi connectivity index (χ0n) is 10.6. The molecule has 1 aromatic carbocycles. The highest BCUT2D eigenvalue weighted by Crippen LogP contribution is 2.30. The molecule has 1 aliphatic carbocycles. The molecule has 1 aliphatic rings. The van der Waals surface area contributed by atoms with Crippen LogP contribution in [-0.2, 0) is 9.47 Å². The summed E-state index contributed by atoms with van der Waals surface area (Å²) in [5.41, 5.74) is 5.79. The first-order valence-electron chi connectivity index (χ1n) is 6.10. The molecule has 1 fully saturated rings. The van der Waals surface area contributed by atoms with Gasteiger partial charge in [0.1, 0.15) is 12.2 Å². The number of benzene rings is 1. The normalized spacial score (nSPS) is 26.0. The van der Waals surface area contributed by atoms with Crippen molar-refractivity contribution in [2.45, 2.75) is 24.7 Å². The number of hydrogen-bond donors (Lipinski definition) is 1. The number of rotatable bonds is 6. The minimum Gasteiger partial charge on any atom is -0.481 e. The molecule has 0 amide bonds. The highest BCUT2D eigenvalue weighted by atomic mass is 19.1. The minimum absolute atomic E-state index is 0.184. The number of nitrogens with two attached hydrogens (primary N) is 1. The number of hydrogen-bond acceptors (Lipinski definition) is 4. The molecule has 2 N–H and O–H groups in total. The third-order valence-corrected chi connectivity index (χ3v) is 3.08. The van der Waals surface area contributed by atoms with E-state index in [0.717, 1.165) is 12.1 Å².